The highest BCUT2D eigenvalue weighted by atomic mass is 35.5. The summed E-state index contributed by atoms with van der Waals surface area (Å²) in [5.74, 6) is 0.315. The van der Waals surface area contributed by atoms with Gasteiger partial charge in [0.1, 0.15) is 11.6 Å². The summed E-state index contributed by atoms with van der Waals surface area (Å²) in [7, 11) is 1.57. The van der Waals surface area contributed by atoms with Crippen LogP contribution < -0.4 is 4.74 Å². The summed E-state index contributed by atoms with van der Waals surface area (Å²) in [6.45, 7) is 0. The molecule has 6 heteroatoms. The Bertz CT molecular complexity index is 856. The molecular formula is C14H10ClFN2OS. The molecule has 0 saturated heterocycles. The lowest BCUT2D eigenvalue weighted by molar-refractivity contribution is 0.413. The van der Waals surface area contributed by atoms with Crippen LogP contribution in [0.4, 0.5) is 4.39 Å². The number of imidazole rings is 1. The fourth-order valence-corrected chi connectivity index (χ4v) is 2.63. The van der Waals surface area contributed by atoms with Crippen molar-refractivity contribution in [2.45, 2.75) is 0 Å². The van der Waals surface area contributed by atoms with Gasteiger partial charge in [-0.1, -0.05) is 11.6 Å². The number of aromatic amines is 1. The highest BCUT2D eigenvalue weighted by Gasteiger charge is 2.12. The van der Waals surface area contributed by atoms with Gasteiger partial charge in [0.25, 0.3) is 0 Å². The summed E-state index contributed by atoms with van der Waals surface area (Å²) in [5.41, 5.74) is 2.09. The molecule has 0 unspecified atom stereocenters. The van der Waals surface area contributed by atoms with E-state index in [1.807, 2.05) is 0 Å². The Morgan fingerprint density at radius 1 is 1.25 bits per heavy atom. The maximum Gasteiger partial charge on any atom is 0.182 e. The normalized spacial score (nSPS) is 10.9. The molecule has 0 fully saturated rings. The SMILES string of the molecule is COc1ccc(Cl)cc1-n1c(=S)[nH]c2cc(F)ccc21. The fourth-order valence-electron chi connectivity index (χ4n) is 2.16. The topological polar surface area (TPSA) is 29.9 Å². The van der Waals surface area contributed by atoms with Gasteiger partial charge in [0.15, 0.2) is 4.77 Å². The Kier molecular flexibility index (Phi) is 3.23. The first-order chi connectivity index (χ1) is 9.60. The van der Waals surface area contributed by atoms with E-state index in [1.54, 1.807) is 35.9 Å². The number of nitrogens with one attached hydrogen (secondary N) is 1. The van der Waals surface area contributed by atoms with Crippen molar-refractivity contribution in [2.75, 3.05) is 7.11 Å². The standard InChI is InChI=1S/C14H10ClFN2OS/c1-19-13-5-2-8(15)6-12(13)18-11-4-3-9(16)7-10(11)17-14(18)20/h2-7H,1H3,(H,17,20). The van der Waals surface area contributed by atoms with Gasteiger partial charge < -0.3 is 9.72 Å². The van der Waals surface area contributed by atoms with Crippen molar-refractivity contribution < 1.29 is 9.13 Å². The summed E-state index contributed by atoms with van der Waals surface area (Å²) in [5, 5.41) is 0.569. The van der Waals surface area contributed by atoms with Gasteiger partial charge in [-0.15, -0.1) is 0 Å². The lowest BCUT2D eigenvalue weighted by Gasteiger charge is -2.10. The Morgan fingerprint density at radius 3 is 2.80 bits per heavy atom. The van der Waals surface area contributed by atoms with Gasteiger partial charge >= 0.3 is 0 Å². The Balaban J connectivity index is 2.37. The van der Waals surface area contributed by atoms with Gasteiger partial charge in [0.05, 0.1) is 23.8 Å². The second kappa shape index (κ2) is 4.92. The highest BCUT2D eigenvalue weighted by Crippen LogP contribution is 2.30. The number of aromatic nitrogens is 2. The summed E-state index contributed by atoms with van der Waals surface area (Å²) < 4.78 is 20.8. The van der Waals surface area contributed by atoms with Gasteiger partial charge in [-0.25, -0.2) is 4.39 Å². The summed E-state index contributed by atoms with van der Waals surface area (Å²) >= 11 is 11.4. The fraction of sp³-hybridized carbons (Fsp3) is 0.0714. The second-order valence-electron chi connectivity index (χ2n) is 4.24. The predicted molar refractivity (Wildman–Crippen MR) is 80.0 cm³/mol. The molecule has 0 spiro atoms. The molecule has 0 aliphatic heterocycles. The Hall–Kier alpha value is -1.85. The molecule has 0 bridgehead atoms. The number of hydrogen-bond acceptors (Lipinski definition) is 2. The zero-order valence-corrected chi connectivity index (χ0v) is 12.1. The number of methoxy groups -OCH3 is 1. The first kappa shape index (κ1) is 13.1. The van der Waals surface area contributed by atoms with Crippen molar-refractivity contribution in [3.63, 3.8) is 0 Å². The monoisotopic (exact) mass is 308 g/mol. The second-order valence-corrected chi connectivity index (χ2v) is 5.07. The molecule has 0 aliphatic carbocycles. The Morgan fingerprint density at radius 2 is 2.05 bits per heavy atom. The molecule has 1 heterocycles. The molecule has 3 nitrogen and oxygen atoms in total. The minimum Gasteiger partial charge on any atom is -0.495 e. The van der Waals surface area contributed by atoms with Crippen LogP contribution in [-0.4, -0.2) is 16.7 Å². The van der Waals surface area contributed by atoms with E-state index in [9.17, 15) is 4.39 Å². The van der Waals surface area contributed by atoms with Crippen molar-refractivity contribution in [2.24, 2.45) is 0 Å². The molecule has 0 atom stereocenters. The van der Waals surface area contributed by atoms with E-state index in [1.165, 1.54) is 12.1 Å². The van der Waals surface area contributed by atoms with E-state index in [-0.39, 0.29) is 5.82 Å². The van der Waals surface area contributed by atoms with E-state index in [0.717, 1.165) is 5.52 Å². The third-order valence-electron chi connectivity index (χ3n) is 3.03. The molecule has 1 N–H and O–H groups in total. The largest absolute Gasteiger partial charge is 0.495 e. The van der Waals surface area contributed by atoms with Crippen LogP contribution in [0.1, 0.15) is 0 Å². The number of hydrogen-bond donors (Lipinski definition) is 1. The number of benzene rings is 2. The van der Waals surface area contributed by atoms with Crippen molar-refractivity contribution in [1.82, 2.24) is 9.55 Å². The van der Waals surface area contributed by atoms with Crippen LogP contribution in [0.3, 0.4) is 0 Å². The van der Waals surface area contributed by atoms with Crippen LogP contribution in [0.2, 0.25) is 5.02 Å². The van der Waals surface area contributed by atoms with Crippen LogP contribution in [-0.2, 0) is 0 Å². The first-order valence-electron chi connectivity index (χ1n) is 5.84. The molecule has 0 saturated carbocycles. The van der Waals surface area contributed by atoms with Gasteiger partial charge in [-0.2, -0.15) is 0 Å². The number of ether oxygens (including phenoxy) is 1. The molecule has 0 radical (unpaired) electrons. The van der Waals surface area contributed by atoms with Crippen molar-refractivity contribution >= 4 is 34.9 Å². The number of nitrogens with zero attached hydrogens (tertiary/aromatic N) is 1. The number of rotatable bonds is 2. The van der Waals surface area contributed by atoms with Gasteiger partial charge in [-0.05, 0) is 48.6 Å². The van der Waals surface area contributed by atoms with Gasteiger partial charge in [-0.3, -0.25) is 4.57 Å². The first-order valence-corrected chi connectivity index (χ1v) is 6.63. The van der Waals surface area contributed by atoms with Gasteiger partial charge in [0, 0.05) is 5.02 Å². The number of fused-ring (bicyclic) bond motifs is 1. The third kappa shape index (κ3) is 2.09. The summed E-state index contributed by atoms with van der Waals surface area (Å²) in [4.78, 5) is 2.98. The minimum absolute atomic E-state index is 0.320. The zero-order chi connectivity index (χ0) is 14.3. The Labute approximate surface area is 124 Å². The molecule has 0 amide bonds. The zero-order valence-electron chi connectivity index (χ0n) is 10.5. The van der Waals surface area contributed by atoms with Crippen LogP contribution >= 0.6 is 23.8 Å². The molecule has 20 heavy (non-hydrogen) atoms. The van der Waals surface area contributed by atoms with Crippen LogP contribution in [0, 0.1) is 10.6 Å². The number of halogens is 2. The van der Waals surface area contributed by atoms with E-state index in [4.69, 9.17) is 28.6 Å². The minimum atomic E-state index is -0.320. The molecule has 3 rings (SSSR count). The average Bonchev–Trinajstić information content (AvgIpc) is 2.73. The third-order valence-corrected chi connectivity index (χ3v) is 3.55. The molecular weight excluding hydrogens is 299 g/mol. The molecule has 1 aromatic heterocycles. The molecule has 3 aromatic rings. The maximum absolute atomic E-state index is 13.3. The quantitative estimate of drug-likeness (QED) is 0.707. The molecule has 0 aliphatic rings. The maximum atomic E-state index is 13.3. The lowest BCUT2D eigenvalue weighted by atomic mass is 10.2. The van der Waals surface area contributed by atoms with Crippen molar-refractivity contribution in [3.05, 3.63) is 52.0 Å². The molecule has 2 aromatic carbocycles. The highest BCUT2D eigenvalue weighted by molar-refractivity contribution is 7.71. The molecule has 102 valence electrons. The van der Waals surface area contributed by atoms with Crippen LogP contribution in [0.5, 0.6) is 5.75 Å². The predicted octanol–water partition coefficient (Wildman–Crippen LogP) is 4.49. The summed E-state index contributed by atoms with van der Waals surface area (Å²) in [6, 6.07) is 9.71. The lowest BCUT2D eigenvalue weighted by Crippen LogP contribution is -1.98. The average molecular weight is 309 g/mol. The van der Waals surface area contributed by atoms with Gasteiger partial charge in [0.2, 0.25) is 0 Å². The van der Waals surface area contributed by atoms with Crippen molar-refractivity contribution in [3.8, 4) is 11.4 Å². The smallest absolute Gasteiger partial charge is 0.182 e. The summed E-state index contributed by atoms with van der Waals surface area (Å²) in [6.07, 6.45) is 0. The van der Waals surface area contributed by atoms with Crippen LogP contribution in [0.25, 0.3) is 16.7 Å². The van der Waals surface area contributed by atoms with E-state index in [0.29, 0.717) is 26.7 Å². The van der Waals surface area contributed by atoms with Crippen LogP contribution in [0.15, 0.2) is 36.4 Å². The van der Waals surface area contributed by atoms with E-state index >= 15 is 0 Å². The number of H-pyrrole nitrogens is 1. The van der Waals surface area contributed by atoms with E-state index < -0.39 is 0 Å². The van der Waals surface area contributed by atoms with E-state index in [2.05, 4.69) is 4.98 Å². The van der Waals surface area contributed by atoms with Crippen molar-refractivity contribution in [1.29, 1.82) is 0 Å².